The lowest BCUT2D eigenvalue weighted by atomic mass is 10.4. The van der Waals surface area contributed by atoms with E-state index in [2.05, 4.69) is 13.5 Å². The van der Waals surface area contributed by atoms with Crippen LogP contribution in [-0.2, 0) is 9.47 Å². The Labute approximate surface area is 62.8 Å². The Morgan fingerprint density at radius 2 is 2.20 bits per heavy atom. The molecule has 0 N–H and O–H groups in total. The van der Waals surface area contributed by atoms with Crippen molar-refractivity contribution in [3.8, 4) is 0 Å². The van der Waals surface area contributed by atoms with Gasteiger partial charge in [0.2, 0.25) is 0 Å². The molecule has 0 saturated heterocycles. The second-order valence-corrected chi connectivity index (χ2v) is 2.01. The zero-order valence-corrected chi connectivity index (χ0v) is 6.80. The van der Waals surface area contributed by atoms with Crippen molar-refractivity contribution in [2.45, 2.75) is 33.0 Å². The molecule has 1 unspecified atom stereocenters. The summed E-state index contributed by atoms with van der Waals surface area (Å²) < 4.78 is 10.3. The van der Waals surface area contributed by atoms with E-state index >= 15 is 0 Å². The van der Waals surface area contributed by atoms with Crippen LogP contribution in [0.25, 0.3) is 0 Å². The van der Waals surface area contributed by atoms with Crippen LogP contribution in [-0.4, -0.2) is 12.9 Å². The van der Waals surface area contributed by atoms with Gasteiger partial charge in [0.1, 0.15) is 0 Å². The molecule has 0 aromatic heterocycles. The fourth-order valence-corrected chi connectivity index (χ4v) is 0.610. The predicted molar refractivity (Wildman–Crippen MR) is 41.6 cm³/mol. The minimum absolute atomic E-state index is 0.0996. The molecule has 0 aliphatic heterocycles. The van der Waals surface area contributed by atoms with Crippen LogP contribution < -0.4 is 0 Å². The smallest absolute Gasteiger partial charge is 0.198 e. The molecule has 0 saturated carbocycles. The first-order valence-corrected chi connectivity index (χ1v) is 3.73. The van der Waals surface area contributed by atoms with Gasteiger partial charge in [-0.25, -0.2) is 0 Å². The molecule has 0 rings (SSSR count). The number of hydrogen-bond donors (Lipinski definition) is 0. The van der Waals surface area contributed by atoms with Gasteiger partial charge in [-0.2, -0.15) is 0 Å². The average Bonchev–Trinajstić information content (AvgIpc) is 1.98. The van der Waals surface area contributed by atoms with Crippen LogP contribution in [0.2, 0.25) is 0 Å². The van der Waals surface area contributed by atoms with Gasteiger partial charge in [0.15, 0.2) is 6.29 Å². The highest BCUT2D eigenvalue weighted by atomic mass is 16.7. The fourth-order valence-electron chi connectivity index (χ4n) is 0.610. The van der Waals surface area contributed by atoms with Crippen LogP contribution in [0.5, 0.6) is 0 Å². The summed E-state index contributed by atoms with van der Waals surface area (Å²) in [7, 11) is 0. The Kier molecular flexibility index (Phi) is 6.29. The molecule has 0 radical (unpaired) electrons. The minimum atomic E-state index is -0.0996. The van der Waals surface area contributed by atoms with Crippen LogP contribution in [0.4, 0.5) is 0 Å². The molecule has 0 heterocycles. The van der Waals surface area contributed by atoms with Gasteiger partial charge in [-0.1, -0.05) is 20.4 Å². The minimum Gasteiger partial charge on any atom is -0.473 e. The maximum Gasteiger partial charge on any atom is 0.198 e. The second kappa shape index (κ2) is 6.62. The number of ether oxygens (including phenoxy) is 2. The van der Waals surface area contributed by atoms with Crippen molar-refractivity contribution in [3.63, 3.8) is 0 Å². The molecule has 0 bridgehead atoms. The lowest BCUT2D eigenvalue weighted by molar-refractivity contribution is -0.107. The topological polar surface area (TPSA) is 18.5 Å². The van der Waals surface area contributed by atoms with Crippen molar-refractivity contribution in [2.75, 3.05) is 6.61 Å². The third-order valence-corrected chi connectivity index (χ3v) is 1.09. The first-order valence-electron chi connectivity index (χ1n) is 3.73. The predicted octanol–water partition coefficient (Wildman–Crippen LogP) is 2.31. The lowest BCUT2D eigenvalue weighted by Crippen LogP contribution is -2.13. The standard InChI is InChI=1S/C8H16O2/c1-4-7-10-8(5-2)9-6-3/h6,8H,3-5,7H2,1-2H3. The largest absolute Gasteiger partial charge is 0.473 e. The van der Waals surface area contributed by atoms with E-state index in [0.29, 0.717) is 0 Å². The molecular formula is C8H16O2. The first kappa shape index (κ1) is 9.50. The Morgan fingerprint density at radius 3 is 2.60 bits per heavy atom. The van der Waals surface area contributed by atoms with E-state index in [9.17, 15) is 0 Å². The fraction of sp³-hybridized carbons (Fsp3) is 0.750. The summed E-state index contributed by atoms with van der Waals surface area (Å²) in [5.74, 6) is 0. The molecule has 0 aromatic carbocycles. The summed E-state index contributed by atoms with van der Waals surface area (Å²) in [6, 6.07) is 0. The molecule has 0 spiro atoms. The van der Waals surface area contributed by atoms with Gasteiger partial charge in [-0.15, -0.1) is 0 Å². The normalized spacial score (nSPS) is 12.6. The van der Waals surface area contributed by atoms with Crippen molar-refractivity contribution < 1.29 is 9.47 Å². The lowest BCUT2D eigenvalue weighted by Gasteiger charge is -2.13. The summed E-state index contributed by atoms with van der Waals surface area (Å²) in [6.45, 7) is 8.30. The van der Waals surface area contributed by atoms with Crippen LogP contribution in [0.1, 0.15) is 26.7 Å². The summed E-state index contributed by atoms with van der Waals surface area (Å²) in [6.07, 6.45) is 3.21. The molecule has 0 fully saturated rings. The van der Waals surface area contributed by atoms with Gasteiger partial charge in [0.05, 0.1) is 12.9 Å². The van der Waals surface area contributed by atoms with E-state index in [4.69, 9.17) is 9.47 Å². The van der Waals surface area contributed by atoms with Crippen molar-refractivity contribution in [1.29, 1.82) is 0 Å². The quantitative estimate of drug-likeness (QED) is 0.420. The van der Waals surface area contributed by atoms with Crippen molar-refractivity contribution in [2.24, 2.45) is 0 Å². The number of hydrogen-bond acceptors (Lipinski definition) is 2. The third-order valence-electron chi connectivity index (χ3n) is 1.09. The Hall–Kier alpha value is -0.500. The van der Waals surface area contributed by atoms with Gasteiger partial charge in [0.25, 0.3) is 0 Å². The van der Waals surface area contributed by atoms with Gasteiger partial charge in [-0.05, 0) is 6.42 Å². The third kappa shape index (κ3) is 4.39. The maximum atomic E-state index is 5.29. The second-order valence-electron chi connectivity index (χ2n) is 2.01. The van der Waals surface area contributed by atoms with E-state index in [0.717, 1.165) is 19.4 Å². The summed E-state index contributed by atoms with van der Waals surface area (Å²) in [5, 5.41) is 0. The van der Waals surface area contributed by atoms with E-state index in [1.54, 1.807) is 0 Å². The zero-order chi connectivity index (χ0) is 7.82. The van der Waals surface area contributed by atoms with E-state index in [1.165, 1.54) is 6.26 Å². The Bertz CT molecular complexity index is 81.3. The highest BCUT2D eigenvalue weighted by Gasteiger charge is 2.02. The maximum absolute atomic E-state index is 5.29. The molecule has 2 heteroatoms. The van der Waals surface area contributed by atoms with Crippen LogP contribution in [0, 0.1) is 0 Å². The molecule has 0 amide bonds. The van der Waals surface area contributed by atoms with Crippen LogP contribution in [0.3, 0.4) is 0 Å². The molecular weight excluding hydrogens is 128 g/mol. The molecule has 10 heavy (non-hydrogen) atoms. The van der Waals surface area contributed by atoms with Gasteiger partial charge in [-0.3, -0.25) is 0 Å². The molecule has 0 aromatic rings. The van der Waals surface area contributed by atoms with Gasteiger partial charge < -0.3 is 9.47 Å². The van der Waals surface area contributed by atoms with Crippen molar-refractivity contribution in [1.82, 2.24) is 0 Å². The molecule has 60 valence electrons. The molecule has 2 nitrogen and oxygen atoms in total. The average molecular weight is 144 g/mol. The SMILES string of the molecule is C=COC(CC)OCCC. The van der Waals surface area contributed by atoms with Crippen LogP contribution in [0.15, 0.2) is 12.8 Å². The van der Waals surface area contributed by atoms with Gasteiger partial charge >= 0.3 is 0 Å². The van der Waals surface area contributed by atoms with E-state index < -0.39 is 0 Å². The zero-order valence-electron chi connectivity index (χ0n) is 6.80. The molecule has 1 atom stereocenters. The van der Waals surface area contributed by atoms with E-state index in [1.807, 2.05) is 6.92 Å². The van der Waals surface area contributed by atoms with Crippen molar-refractivity contribution >= 4 is 0 Å². The summed E-state index contributed by atoms with van der Waals surface area (Å²) >= 11 is 0. The summed E-state index contributed by atoms with van der Waals surface area (Å²) in [4.78, 5) is 0. The molecule has 0 aliphatic rings. The monoisotopic (exact) mass is 144 g/mol. The van der Waals surface area contributed by atoms with Crippen LogP contribution >= 0.6 is 0 Å². The van der Waals surface area contributed by atoms with E-state index in [-0.39, 0.29) is 6.29 Å². The first-order chi connectivity index (χ1) is 4.85. The highest BCUT2D eigenvalue weighted by Crippen LogP contribution is 2.00. The highest BCUT2D eigenvalue weighted by molar-refractivity contribution is 4.51. The molecule has 0 aliphatic carbocycles. The summed E-state index contributed by atoms with van der Waals surface area (Å²) in [5.41, 5.74) is 0. The van der Waals surface area contributed by atoms with Crippen molar-refractivity contribution in [3.05, 3.63) is 12.8 Å². The Balaban J connectivity index is 3.29. The Morgan fingerprint density at radius 1 is 1.50 bits per heavy atom. The van der Waals surface area contributed by atoms with Gasteiger partial charge in [0, 0.05) is 6.42 Å². The number of rotatable bonds is 6.